The van der Waals surface area contributed by atoms with E-state index < -0.39 is 5.91 Å². The molecule has 2 fully saturated rings. The summed E-state index contributed by atoms with van der Waals surface area (Å²) in [5.74, 6) is 0.214. The van der Waals surface area contributed by atoms with Gasteiger partial charge in [-0.25, -0.2) is 0 Å². The fourth-order valence-corrected chi connectivity index (χ4v) is 2.62. The van der Waals surface area contributed by atoms with Gasteiger partial charge >= 0.3 is 0 Å². The second-order valence-electron chi connectivity index (χ2n) is 6.18. The van der Waals surface area contributed by atoms with E-state index in [9.17, 15) is 9.59 Å². The molecule has 26 heavy (non-hydrogen) atoms. The lowest BCUT2D eigenvalue weighted by atomic mass is 10.1. The van der Waals surface area contributed by atoms with Crippen LogP contribution in [0.15, 0.2) is 11.8 Å². The summed E-state index contributed by atoms with van der Waals surface area (Å²) in [6.45, 7) is 0.428. The Balaban J connectivity index is 1.73. The Morgan fingerprint density at radius 2 is 2.23 bits per heavy atom. The molecule has 1 saturated heterocycles. The maximum Gasteiger partial charge on any atom is 0.254 e. The normalized spacial score (nSPS) is 18.2. The third-order valence-corrected chi connectivity index (χ3v) is 4.05. The van der Waals surface area contributed by atoms with Crippen molar-refractivity contribution in [1.82, 2.24) is 24.9 Å². The predicted octanol–water partition coefficient (Wildman–Crippen LogP) is 0.454. The van der Waals surface area contributed by atoms with Gasteiger partial charge in [-0.3, -0.25) is 14.9 Å². The number of carbonyl (C=O) groups excluding carboxylic acids is 2. The number of carbonyl (C=O) groups is 2. The number of anilines is 2. The summed E-state index contributed by atoms with van der Waals surface area (Å²) >= 11 is 0. The molecule has 2 aromatic heterocycles. The van der Waals surface area contributed by atoms with Crippen LogP contribution in [0.1, 0.15) is 31.2 Å². The van der Waals surface area contributed by atoms with Crippen molar-refractivity contribution in [3.05, 3.63) is 17.3 Å². The highest BCUT2D eigenvalue weighted by atomic mass is 16.2. The topological polar surface area (TPSA) is 137 Å². The first kappa shape index (κ1) is 16.0. The van der Waals surface area contributed by atoms with Crippen molar-refractivity contribution in [3.8, 4) is 6.07 Å². The van der Waals surface area contributed by atoms with Crippen LogP contribution in [-0.2, 0) is 9.59 Å². The number of fused-ring (bicyclic) bond motifs is 1. The van der Waals surface area contributed by atoms with Crippen LogP contribution in [0.4, 0.5) is 11.9 Å². The van der Waals surface area contributed by atoms with Gasteiger partial charge in [-0.2, -0.15) is 24.8 Å². The molecule has 0 atom stereocenters. The van der Waals surface area contributed by atoms with Crippen LogP contribution < -0.4 is 16.0 Å². The first-order valence-corrected chi connectivity index (χ1v) is 8.32. The van der Waals surface area contributed by atoms with Crippen LogP contribution in [0.5, 0.6) is 0 Å². The van der Waals surface area contributed by atoms with E-state index in [0.29, 0.717) is 47.7 Å². The molecule has 4 rings (SSSR count). The van der Waals surface area contributed by atoms with Gasteiger partial charge < -0.3 is 10.6 Å². The smallest absolute Gasteiger partial charge is 0.254 e. The Hall–Kier alpha value is -3.48. The highest BCUT2D eigenvalue weighted by Crippen LogP contribution is 2.26. The van der Waals surface area contributed by atoms with E-state index in [1.807, 2.05) is 0 Å². The maximum atomic E-state index is 11.8. The van der Waals surface area contributed by atoms with Crippen molar-refractivity contribution in [3.63, 3.8) is 0 Å². The number of aromatic nitrogens is 4. The van der Waals surface area contributed by atoms with Crippen molar-refractivity contribution in [2.45, 2.75) is 31.7 Å². The molecule has 1 saturated carbocycles. The van der Waals surface area contributed by atoms with Crippen molar-refractivity contribution < 1.29 is 9.59 Å². The molecule has 0 spiro atoms. The molecule has 2 aliphatic rings. The van der Waals surface area contributed by atoms with Crippen LogP contribution in [0.3, 0.4) is 0 Å². The van der Waals surface area contributed by atoms with Gasteiger partial charge in [0.25, 0.3) is 5.91 Å². The predicted molar refractivity (Wildman–Crippen MR) is 91.9 cm³/mol. The number of hydrogen-bond acceptors (Lipinski definition) is 8. The monoisotopic (exact) mass is 352 g/mol. The lowest BCUT2D eigenvalue weighted by molar-refractivity contribution is -0.124. The Kier molecular flexibility index (Phi) is 3.96. The minimum Gasteiger partial charge on any atom is -0.353 e. The van der Waals surface area contributed by atoms with Gasteiger partial charge in [0, 0.05) is 23.7 Å². The zero-order valence-electron chi connectivity index (χ0n) is 13.8. The molecule has 1 aliphatic carbocycles. The van der Waals surface area contributed by atoms with E-state index in [1.165, 1.54) is 0 Å². The summed E-state index contributed by atoms with van der Waals surface area (Å²) in [7, 11) is 0. The zero-order chi connectivity index (χ0) is 18.1. The number of amides is 2. The lowest BCUT2D eigenvalue weighted by Gasteiger charge is -2.09. The fraction of sp³-hybridized carbons (Fsp3) is 0.375. The van der Waals surface area contributed by atoms with Gasteiger partial charge in [0.1, 0.15) is 0 Å². The summed E-state index contributed by atoms with van der Waals surface area (Å²) < 4.78 is 1.58. The van der Waals surface area contributed by atoms with Gasteiger partial charge in [0.2, 0.25) is 17.8 Å². The van der Waals surface area contributed by atoms with E-state index in [1.54, 1.807) is 16.8 Å². The molecule has 2 aromatic rings. The SMILES string of the molecule is N#CCCNc1nc(NC2CC2)n2ncc(/C=C3\CC(=O)NC3=O)c2n1. The largest absolute Gasteiger partial charge is 0.353 e. The molecule has 0 bridgehead atoms. The molecule has 132 valence electrons. The summed E-state index contributed by atoms with van der Waals surface area (Å²) in [5, 5.41) is 21.6. The molecule has 3 heterocycles. The lowest BCUT2D eigenvalue weighted by Crippen LogP contribution is -2.19. The Bertz CT molecular complexity index is 967. The van der Waals surface area contributed by atoms with Crippen molar-refractivity contribution in [2.75, 3.05) is 17.2 Å². The quantitative estimate of drug-likeness (QED) is 0.387. The number of rotatable bonds is 6. The molecule has 2 amide bonds. The second kappa shape index (κ2) is 6.44. The molecule has 10 heteroatoms. The van der Waals surface area contributed by atoms with Gasteiger partial charge in [0.15, 0.2) is 5.65 Å². The first-order chi connectivity index (χ1) is 12.6. The van der Waals surface area contributed by atoms with Crippen LogP contribution in [0.25, 0.3) is 11.7 Å². The maximum absolute atomic E-state index is 11.8. The summed E-state index contributed by atoms with van der Waals surface area (Å²) in [6.07, 6.45) is 5.73. The highest BCUT2D eigenvalue weighted by Gasteiger charge is 2.26. The third kappa shape index (κ3) is 3.19. The number of imide groups is 1. The number of nitrogens with zero attached hydrogens (tertiary/aromatic N) is 5. The summed E-state index contributed by atoms with van der Waals surface area (Å²) in [4.78, 5) is 32.0. The second-order valence-corrected chi connectivity index (χ2v) is 6.18. The molecule has 3 N–H and O–H groups in total. The van der Waals surface area contributed by atoms with Crippen molar-refractivity contribution in [1.29, 1.82) is 5.26 Å². The molecule has 10 nitrogen and oxygen atoms in total. The zero-order valence-corrected chi connectivity index (χ0v) is 13.8. The standard InChI is InChI=1S/C16H16N8O2/c17-4-1-5-18-15-22-13-10(6-9-7-12(25)21-14(9)26)8-19-24(13)16(23-15)20-11-2-3-11/h6,8,11H,1-3,5,7H2,(H,21,25,26)(H2,18,20,22,23)/b9-6+. The van der Waals surface area contributed by atoms with Crippen LogP contribution in [0, 0.1) is 11.3 Å². The number of nitriles is 1. The Morgan fingerprint density at radius 1 is 1.38 bits per heavy atom. The van der Waals surface area contributed by atoms with Crippen molar-refractivity contribution >= 4 is 35.4 Å². The van der Waals surface area contributed by atoms with Crippen LogP contribution in [-0.4, -0.2) is 44.0 Å². The number of nitrogens with one attached hydrogen (secondary N) is 3. The van der Waals surface area contributed by atoms with E-state index >= 15 is 0 Å². The molecule has 0 radical (unpaired) electrons. The van der Waals surface area contributed by atoms with Gasteiger partial charge in [0.05, 0.1) is 25.1 Å². The van der Waals surface area contributed by atoms with Crippen LogP contribution in [0.2, 0.25) is 0 Å². The average molecular weight is 352 g/mol. The number of hydrogen-bond donors (Lipinski definition) is 3. The van der Waals surface area contributed by atoms with Gasteiger partial charge in [-0.1, -0.05) is 0 Å². The van der Waals surface area contributed by atoms with Gasteiger partial charge in [-0.05, 0) is 18.9 Å². The van der Waals surface area contributed by atoms with Crippen molar-refractivity contribution in [2.24, 2.45) is 0 Å². The minimum absolute atomic E-state index is 0.0434. The molecule has 0 aromatic carbocycles. The summed E-state index contributed by atoms with van der Waals surface area (Å²) in [6, 6.07) is 2.42. The first-order valence-electron chi connectivity index (χ1n) is 8.32. The summed E-state index contributed by atoms with van der Waals surface area (Å²) in [5.41, 5.74) is 1.51. The molecular formula is C16H16N8O2. The van der Waals surface area contributed by atoms with E-state index in [-0.39, 0.29) is 12.3 Å². The molecule has 1 aliphatic heterocycles. The highest BCUT2D eigenvalue weighted by molar-refractivity contribution is 6.15. The fourth-order valence-electron chi connectivity index (χ4n) is 2.62. The van der Waals surface area contributed by atoms with E-state index in [4.69, 9.17) is 5.26 Å². The average Bonchev–Trinajstić information content (AvgIpc) is 3.24. The van der Waals surface area contributed by atoms with E-state index in [0.717, 1.165) is 12.8 Å². The van der Waals surface area contributed by atoms with Gasteiger partial charge in [-0.15, -0.1) is 0 Å². The van der Waals surface area contributed by atoms with E-state index in [2.05, 4.69) is 37.1 Å². The minimum atomic E-state index is -0.396. The third-order valence-electron chi connectivity index (χ3n) is 4.05. The Morgan fingerprint density at radius 3 is 2.92 bits per heavy atom. The van der Waals surface area contributed by atoms with Crippen LogP contribution >= 0.6 is 0 Å². The Labute approximate surface area is 148 Å². The molecular weight excluding hydrogens is 336 g/mol. The molecule has 0 unspecified atom stereocenters.